The Kier molecular flexibility index (Phi) is 7.50. The van der Waals surface area contributed by atoms with Crippen LogP contribution < -0.4 is 10.2 Å². The summed E-state index contributed by atoms with van der Waals surface area (Å²) in [5.41, 5.74) is 1.66. The molecular formula is C23H27N3O6S. The highest BCUT2D eigenvalue weighted by molar-refractivity contribution is 7.89. The van der Waals surface area contributed by atoms with Gasteiger partial charge < -0.3 is 10.1 Å². The van der Waals surface area contributed by atoms with Crippen molar-refractivity contribution < 1.29 is 27.5 Å². The summed E-state index contributed by atoms with van der Waals surface area (Å²) in [6.45, 7) is 1.89. The van der Waals surface area contributed by atoms with Crippen molar-refractivity contribution in [3.8, 4) is 0 Å². The van der Waals surface area contributed by atoms with E-state index in [1.807, 2.05) is 0 Å². The van der Waals surface area contributed by atoms with Crippen molar-refractivity contribution in [2.24, 2.45) is 5.92 Å². The Morgan fingerprint density at radius 2 is 1.58 bits per heavy atom. The summed E-state index contributed by atoms with van der Waals surface area (Å²) in [5, 5.41) is 2.85. The minimum Gasteiger partial charge on any atom is -0.452 e. The van der Waals surface area contributed by atoms with Crippen molar-refractivity contribution >= 4 is 39.2 Å². The average molecular weight is 474 g/mol. The van der Waals surface area contributed by atoms with E-state index in [4.69, 9.17) is 0 Å². The molecule has 0 saturated carbocycles. The Morgan fingerprint density at radius 1 is 1.00 bits per heavy atom. The van der Waals surface area contributed by atoms with E-state index >= 15 is 0 Å². The molecule has 1 saturated heterocycles. The smallest absolute Gasteiger partial charge is 0.413 e. The molecule has 9 nitrogen and oxygen atoms in total. The van der Waals surface area contributed by atoms with Gasteiger partial charge in [0.2, 0.25) is 15.9 Å². The summed E-state index contributed by atoms with van der Waals surface area (Å²) < 4.78 is 31.8. The predicted molar refractivity (Wildman–Crippen MR) is 124 cm³/mol. The number of sulfonamides is 1. The van der Waals surface area contributed by atoms with Gasteiger partial charge in [0.1, 0.15) is 0 Å². The highest BCUT2D eigenvalue weighted by atomic mass is 32.2. The number of amides is 2. The number of hydrogen-bond acceptors (Lipinski definition) is 6. The zero-order valence-electron chi connectivity index (χ0n) is 18.8. The van der Waals surface area contributed by atoms with Crippen molar-refractivity contribution in [1.82, 2.24) is 4.31 Å². The first-order valence-corrected chi connectivity index (χ1v) is 11.9. The lowest BCUT2D eigenvalue weighted by Crippen LogP contribution is -2.41. The third kappa shape index (κ3) is 5.58. The Morgan fingerprint density at radius 3 is 2.09 bits per heavy atom. The number of carbonyl (C=O) groups excluding carboxylic acids is 3. The van der Waals surface area contributed by atoms with E-state index in [1.165, 1.54) is 47.5 Å². The highest BCUT2D eigenvalue weighted by Crippen LogP contribution is 2.26. The Hall–Kier alpha value is -3.24. The summed E-state index contributed by atoms with van der Waals surface area (Å²) >= 11 is 0. The highest BCUT2D eigenvalue weighted by Gasteiger charge is 2.32. The van der Waals surface area contributed by atoms with Crippen LogP contribution >= 0.6 is 0 Å². The van der Waals surface area contributed by atoms with Crippen molar-refractivity contribution in [3.63, 3.8) is 0 Å². The third-order valence-corrected chi connectivity index (χ3v) is 7.61. The SMILES string of the molecule is COC(=O)N(C)c1ccc(NC(=O)C2CCN(S(=O)(=O)c3ccc(C(C)=O)cc3)CC2)cc1. The second kappa shape index (κ2) is 10.1. The van der Waals surface area contributed by atoms with Gasteiger partial charge in [0.05, 0.1) is 12.0 Å². The van der Waals surface area contributed by atoms with E-state index in [0.717, 1.165) is 0 Å². The number of carbonyl (C=O) groups is 3. The number of hydrogen-bond donors (Lipinski definition) is 1. The van der Waals surface area contributed by atoms with Gasteiger partial charge in [0.15, 0.2) is 5.78 Å². The molecule has 1 fully saturated rings. The summed E-state index contributed by atoms with van der Waals surface area (Å²) in [7, 11) is -0.805. The normalized spacial score (nSPS) is 15.0. The van der Waals surface area contributed by atoms with E-state index in [0.29, 0.717) is 29.8 Å². The fourth-order valence-electron chi connectivity index (χ4n) is 3.62. The summed E-state index contributed by atoms with van der Waals surface area (Å²) in [5.74, 6) is -0.614. The minimum absolute atomic E-state index is 0.129. The topological polar surface area (TPSA) is 113 Å². The number of rotatable bonds is 6. The summed E-state index contributed by atoms with van der Waals surface area (Å²) in [6, 6.07) is 12.7. The van der Waals surface area contributed by atoms with E-state index in [2.05, 4.69) is 10.1 Å². The number of Topliss-reactive ketones (excluding diaryl/α,β-unsaturated/α-hetero) is 1. The lowest BCUT2D eigenvalue weighted by Gasteiger charge is -2.30. The number of nitrogens with zero attached hydrogens (tertiary/aromatic N) is 2. The zero-order chi connectivity index (χ0) is 24.2. The summed E-state index contributed by atoms with van der Waals surface area (Å²) in [6.07, 6.45) is 0.308. The zero-order valence-corrected chi connectivity index (χ0v) is 19.6. The molecule has 3 rings (SSSR count). The number of piperidine rings is 1. The third-order valence-electron chi connectivity index (χ3n) is 5.69. The first kappa shape index (κ1) is 24.4. The van der Waals surface area contributed by atoms with E-state index in [9.17, 15) is 22.8 Å². The molecule has 0 spiro atoms. The Labute approximate surface area is 193 Å². The molecule has 2 aromatic carbocycles. The number of anilines is 2. The summed E-state index contributed by atoms with van der Waals surface area (Å²) in [4.78, 5) is 37.1. The van der Waals surface area contributed by atoms with E-state index < -0.39 is 16.1 Å². The maximum absolute atomic E-state index is 12.9. The molecule has 0 radical (unpaired) electrons. The van der Waals surface area contributed by atoms with Gasteiger partial charge >= 0.3 is 6.09 Å². The molecule has 0 aromatic heterocycles. The number of ketones is 1. The van der Waals surface area contributed by atoms with Crippen LogP contribution in [0.3, 0.4) is 0 Å². The van der Waals surface area contributed by atoms with Gasteiger partial charge in [0.25, 0.3) is 0 Å². The van der Waals surface area contributed by atoms with Crippen LogP contribution in [0.4, 0.5) is 16.2 Å². The maximum atomic E-state index is 12.9. The van der Waals surface area contributed by atoms with Crippen molar-refractivity contribution in [3.05, 3.63) is 54.1 Å². The van der Waals surface area contributed by atoms with Crippen LogP contribution in [0.15, 0.2) is 53.4 Å². The van der Waals surface area contributed by atoms with Gasteiger partial charge in [-0.15, -0.1) is 0 Å². The molecule has 10 heteroatoms. The van der Waals surface area contributed by atoms with Crippen LogP contribution in [0, 0.1) is 5.92 Å². The van der Waals surface area contributed by atoms with Gasteiger partial charge in [-0.2, -0.15) is 4.31 Å². The van der Waals surface area contributed by atoms with Crippen LogP contribution in [0.5, 0.6) is 0 Å². The average Bonchev–Trinajstić information content (AvgIpc) is 2.83. The number of nitrogens with one attached hydrogen (secondary N) is 1. The van der Waals surface area contributed by atoms with Crippen LogP contribution in [-0.2, 0) is 19.6 Å². The molecule has 0 bridgehead atoms. The molecule has 2 aromatic rings. The van der Waals surface area contributed by atoms with Gasteiger partial charge in [-0.3, -0.25) is 14.5 Å². The number of ether oxygens (including phenoxy) is 1. The maximum Gasteiger partial charge on any atom is 0.413 e. The van der Waals surface area contributed by atoms with Crippen molar-refractivity contribution in [2.45, 2.75) is 24.7 Å². The standard InChI is InChI=1S/C23H27N3O6S/c1-16(27)17-4-10-21(11-5-17)33(30,31)26-14-12-18(13-15-26)22(28)24-19-6-8-20(9-7-19)25(2)23(29)32-3/h4-11,18H,12-15H2,1-3H3,(H,24,28). The molecule has 0 atom stereocenters. The second-order valence-corrected chi connectivity index (χ2v) is 9.76. The lowest BCUT2D eigenvalue weighted by atomic mass is 9.97. The van der Waals surface area contributed by atoms with Crippen molar-refractivity contribution in [2.75, 3.05) is 37.5 Å². The van der Waals surface area contributed by atoms with Gasteiger partial charge in [-0.25, -0.2) is 13.2 Å². The Balaban J connectivity index is 1.57. The van der Waals surface area contributed by atoms with Crippen LogP contribution in [0.25, 0.3) is 0 Å². The van der Waals surface area contributed by atoms with Gasteiger partial charge in [0, 0.05) is 43.0 Å². The van der Waals surface area contributed by atoms with Crippen molar-refractivity contribution in [1.29, 1.82) is 0 Å². The van der Waals surface area contributed by atoms with Crippen LogP contribution in [-0.4, -0.2) is 57.8 Å². The molecule has 1 aliphatic rings. The van der Waals surface area contributed by atoms with E-state index in [1.54, 1.807) is 31.3 Å². The Bertz CT molecular complexity index is 1120. The second-order valence-electron chi connectivity index (χ2n) is 7.82. The largest absolute Gasteiger partial charge is 0.452 e. The molecule has 1 aliphatic heterocycles. The van der Waals surface area contributed by atoms with Crippen LogP contribution in [0.1, 0.15) is 30.1 Å². The first-order valence-electron chi connectivity index (χ1n) is 10.5. The number of benzene rings is 2. The predicted octanol–water partition coefficient (Wildman–Crippen LogP) is 3.13. The molecule has 1 heterocycles. The molecular weight excluding hydrogens is 446 g/mol. The molecule has 1 N–H and O–H groups in total. The molecule has 0 unspecified atom stereocenters. The monoisotopic (exact) mass is 473 g/mol. The fraction of sp³-hybridized carbons (Fsp3) is 0.348. The van der Waals surface area contributed by atoms with E-state index in [-0.39, 0.29) is 35.6 Å². The minimum atomic E-state index is -3.69. The number of methoxy groups -OCH3 is 1. The molecule has 0 aliphatic carbocycles. The molecule has 33 heavy (non-hydrogen) atoms. The quantitative estimate of drug-likeness (QED) is 0.645. The molecule has 2 amide bonds. The van der Waals surface area contributed by atoms with Crippen LogP contribution in [0.2, 0.25) is 0 Å². The van der Waals surface area contributed by atoms with Gasteiger partial charge in [-0.1, -0.05) is 12.1 Å². The fourth-order valence-corrected chi connectivity index (χ4v) is 5.09. The first-order chi connectivity index (χ1) is 15.6. The lowest BCUT2D eigenvalue weighted by molar-refractivity contribution is -0.120. The molecule has 176 valence electrons. The van der Waals surface area contributed by atoms with Gasteiger partial charge in [-0.05, 0) is 56.2 Å².